The van der Waals surface area contributed by atoms with Crippen molar-refractivity contribution < 1.29 is 9.47 Å². The minimum Gasteiger partial charge on any atom is -0.486 e. The molecule has 0 aliphatic carbocycles. The van der Waals surface area contributed by atoms with E-state index in [1.54, 1.807) is 0 Å². The Morgan fingerprint density at radius 1 is 1.17 bits per heavy atom. The van der Waals surface area contributed by atoms with Gasteiger partial charge < -0.3 is 14.8 Å². The lowest BCUT2D eigenvalue weighted by Crippen LogP contribution is -2.27. The standard InChI is InChI=1S/C15H23NO2/c1-4-16-12(3)9-11(2)13-5-6-14-15(10-13)18-8-7-17-14/h5-6,10-12,16H,4,7-9H2,1-3H3. The highest BCUT2D eigenvalue weighted by Crippen LogP contribution is 2.34. The molecule has 3 nitrogen and oxygen atoms in total. The van der Waals surface area contributed by atoms with E-state index in [4.69, 9.17) is 9.47 Å². The number of ether oxygens (including phenoxy) is 2. The van der Waals surface area contributed by atoms with E-state index >= 15 is 0 Å². The molecule has 1 aromatic rings. The van der Waals surface area contributed by atoms with Crippen molar-refractivity contribution in [1.29, 1.82) is 0 Å². The average Bonchev–Trinajstić information content (AvgIpc) is 2.38. The van der Waals surface area contributed by atoms with Crippen molar-refractivity contribution in [1.82, 2.24) is 5.32 Å². The molecule has 0 amide bonds. The second-order valence-corrected chi connectivity index (χ2v) is 5.00. The summed E-state index contributed by atoms with van der Waals surface area (Å²) in [4.78, 5) is 0. The Balaban J connectivity index is 2.04. The van der Waals surface area contributed by atoms with E-state index < -0.39 is 0 Å². The molecule has 2 atom stereocenters. The molecule has 0 saturated heterocycles. The largest absolute Gasteiger partial charge is 0.486 e. The third kappa shape index (κ3) is 3.16. The zero-order chi connectivity index (χ0) is 13.0. The average molecular weight is 249 g/mol. The summed E-state index contributed by atoms with van der Waals surface area (Å²) in [6.45, 7) is 8.97. The molecule has 0 radical (unpaired) electrons. The number of hydrogen-bond acceptors (Lipinski definition) is 3. The van der Waals surface area contributed by atoms with Gasteiger partial charge in [0.15, 0.2) is 11.5 Å². The van der Waals surface area contributed by atoms with Crippen LogP contribution in [0.5, 0.6) is 11.5 Å². The van der Waals surface area contributed by atoms with E-state index in [-0.39, 0.29) is 0 Å². The molecule has 1 aromatic carbocycles. The van der Waals surface area contributed by atoms with Crippen molar-refractivity contribution in [3.8, 4) is 11.5 Å². The first-order valence-corrected chi connectivity index (χ1v) is 6.83. The van der Waals surface area contributed by atoms with E-state index in [1.807, 2.05) is 6.07 Å². The summed E-state index contributed by atoms with van der Waals surface area (Å²) in [5.74, 6) is 2.29. The lowest BCUT2D eigenvalue weighted by molar-refractivity contribution is 0.171. The van der Waals surface area contributed by atoms with Crippen LogP contribution < -0.4 is 14.8 Å². The third-order valence-electron chi connectivity index (χ3n) is 3.39. The minimum absolute atomic E-state index is 0.523. The number of benzene rings is 1. The molecule has 2 unspecified atom stereocenters. The van der Waals surface area contributed by atoms with Gasteiger partial charge in [0.05, 0.1) is 0 Å². The molecule has 1 heterocycles. The van der Waals surface area contributed by atoms with E-state index in [0.29, 0.717) is 25.2 Å². The Bertz CT molecular complexity index is 392. The Morgan fingerprint density at radius 2 is 1.89 bits per heavy atom. The highest BCUT2D eigenvalue weighted by molar-refractivity contribution is 5.44. The fraction of sp³-hybridized carbons (Fsp3) is 0.600. The Morgan fingerprint density at radius 3 is 2.61 bits per heavy atom. The van der Waals surface area contributed by atoms with Gasteiger partial charge in [0.25, 0.3) is 0 Å². The van der Waals surface area contributed by atoms with Crippen LogP contribution in [0.15, 0.2) is 18.2 Å². The smallest absolute Gasteiger partial charge is 0.161 e. The number of nitrogens with one attached hydrogen (secondary N) is 1. The molecular weight excluding hydrogens is 226 g/mol. The zero-order valence-corrected chi connectivity index (χ0v) is 11.5. The van der Waals surface area contributed by atoms with Crippen LogP contribution in [-0.2, 0) is 0 Å². The van der Waals surface area contributed by atoms with Gasteiger partial charge in [-0.25, -0.2) is 0 Å². The van der Waals surface area contributed by atoms with Gasteiger partial charge in [0.2, 0.25) is 0 Å². The van der Waals surface area contributed by atoms with Gasteiger partial charge in [-0.05, 0) is 43.5 Å². The van der Waals surface area contributed by atoms with Gasteiger partial charge in [0, 0.05) is 6.04 Å². The fourth-order valence-corrected chi connectivity index (χ4v) is 2.46. The first-order chi connectivity index (χ1) is 8.70. The molecule has 3 heteroatoms. The quantitative estimate of drug-likeness (QED) is 0.870. The summed E-state index contributed by atoms with van der Waals surface area (Å²) in [6, 6.07) is 6.84. The topological polar surface area (TPSA) is 30.5 Å². The molecular formula is C15H23NO2. The maximum Gasteiger partial charge on any atom is 0.161 e. The summed E-state index contributed by atoms with van der Waals surface area (Å²) < 4.78 is 11.2. The SMILES string of the molecule is CCNC(C)CC(C)c1ccc2c(c1)OCCO2. The van der Waals surface area contributed by atoms with Crippen LogP contribution >= 0.6 is 0 Å². The van der Waals surface area contributed by atoms with Gasteiger partial charge >= 0.3 is 0 Å². The van der Waals surface area contributed by atoms with Crippen LogP contribution in [0.2, 0.25) is 0 Å². The normalized spacial score (nSPS) is 17.3. The van der Waals surface area contributed by atoms with Crippen LogP contribution in [-0.4, -0.2) is 25.8 Å². The first kappa shape index (κ1) is 13.2. The second kappa shape index (κ2) is 6.10. The number of hydrogen-bond donors (Lipinski definition) is 1. The van der Waals surface area contributed by atoms with Crippen LogP contribution in [0.3, 0.4) is 0 Å². The monoisotopic (exact) mass is 249 g/mol. The molecule has 0 bridgehead atoms. The molecule has 0 saturated carbocycles. The molecule has 1 N–H and O–H groups in total. The summed E-state index contributed by atoms with van der Waals surface area (Å²) >= 11 is 0. The van der Waals surface area contributed by atoms with Gasteiger partial charge in [0.1, 0.15) is 13.2 Å². The molecule has 0 aromatic heterocycles. The third-order valence-corrected chi connectivity index (χ3v) is 3.39. The van der Waals surface area contributed by atoms with Crippen LogP contribution in [0.4, 0.5) is 0 Å². The zero-order valence-electron chi connectivity index (χ0n) is 11.5. The van der Waals surface area contributed by atoms with Gasteiger partial charge in [-0.1, -0.05) is 19.9 Å². The predicted molar refractivity (Wildman–Crippen MR) is 73.6 cm³/mol. The fourth-order valence-electron chi connectivity index (χ4n) is 2.46. The molecule has 0 spiro atoms. The number of fused-ring (bicyclic) bond motifs is 1. The van der Waals surface area contributed by atoms with Gasteiger partial charge in [-0.15, -0.1) is 0 Å². The van der Waals surface area contributed by atoms with Crippen LogP contribution in [0, 0.1) is 0 Å². The number of rotatable bonds is 5. The molecule has 0 fully saturated rings. The lowest BCUT2D eigenvalue weighted by atomic mass is 9.94. The Kier molecular flexibility index (Phi) is 4.48. The summed E-state index contributed by atoms with van der Waals surface area (Å²) in [6.07, 6.45) is 1.13. The second-order valence-electron chi connectivity index (χ2n) is 5.00. The van der Waals surface area contributed by atoms with Gasteiger partial charge in [-0.3, -0.25) is 0 Å². The molecule has 18 heavy (non-hydrogen) atoms. The predicted octanol–water partition coefficient (Wildman–Crippen LogP) is 2.95. The van der Waals surface area contributed by atoms with Crippen molar-refractivity contribution in [2.75, 3.05) is 19.8 Å². The van der Waals surface area contributed by atoms with E-state index in [1.165, 1.54) is 5.56 Å². The van der Waals surface area contributed by atoms with Crippen molar-refractivity contribution in [2.24, 2.45) is 0 Å². The van der Waals surface area contributed by atoms with Crippen molar-refractivity contribution in [3.63, 3.8) is 0 Å². The van der Waals surface area contributed by atoms with Crippen LogP contribution in [0.1, 0.15) is 38.7 Å². The van der Waals surface area contributed by atoms with Gasteiger partial charge in [-0.2, -0.15) is 0 Å². The highest BCUT2D eigenvalue weighted by atomic mass is 16.6. The summed E-state index contributed by atoms with van der Waals surface area (Å²) in [5, 5.41) is 3.45. The van der Waals surface area contributed by atoms with Crippen LogP contribution in [0.25, 0.3) is 0 Å². The molecule has 1 aliphatic rings. The minimum atomic E-state index is 0.523. The van der Waals surface area contributed by atoms with Crippen molar-refractivity contribution >= 4 is 0 Å². The first-order valence-electron chi connectivity index (χ1n) is 6.83. The molecule has 100 valence electrons. The summed E-state index contributed by atoms with van der Waals surface area (Å²) in [5.41, 5.74) is 1.32. The van der Waals surface area contributed by atoms with E-state index in [2.05, 4.69) is 38.2 Å². The van der Waals surface area contributed by atoms with Crippen molar-refractivity contribution in [2.45, 2.75) is 39.2 Å². The van der Waals surface area contributed by atoms with Crippen molar-refractivity contribution in [3.05, 3.63) is 23.8 Å². The Labute approximate surface area is 109 Å². The summed E-state index contributed by atoms with van der Waals surface area (Å²) in [7, 11) is 0. The maximum absolute atomic E-state index is 5.63. The highest BCUT2D eigenvalue weighted by Gasteiger charge is 2.15. The van der Waals surface area contributed by atoms with E-state index in [9.17, 15) is 0 Å². The Hall–Kier alpha value is -1.22. The molecule has 1 aliphatic heterocycles. The maximum atomic E-state index is 5.63. The lowest BCUT2D eigenvalue weighted by Gasteiger charge is -2.22. The molecule has 2 rings (SSSR count). The van der Waals surface area contributed by atoms with E-state index in [0.717, 1.165) is 24.5 Å².